The summed E-state index contributed by atoms with van der Waals surface area (Å²) in [5.41, 5.74) is 6.98. The highest BCUT2D eigenvalue weighted by Gasteiger charge is 2.38. The molecule has 1 atom stereocenters. The molecule has 14 heavy (non-hydrogen) atoms. The molecule has 0 spiro atoms. The third-order valence-corrected chi connectivity index (χ3v) is 4.71. The molecule has 2 aliphatic rings. The number of hydrogen-bond acceptors (Lipinski definition) is 1. The minimum Gasteiger partial charge on any atom is -0.327 e. The standard InChI is InChI=1S/C13H25N/c1-13(9-5-6-10-13)12(14)11-7-3-2-4-8-11/h11-12H,2-10,14H2,1H3. The Labute approximate surface area is 88.4 Å². The van der Waals surface area contributed by atoms with Crippen LogP contribution in [0.5, 0.6) is 0 Å². The molecular weight excluding hydrogens is 170 g/mol. The van der Waals surface area contributed by atoms with Gasteiger partial charge in [-0.1, -0.05) is 39.0 Å². The van der Waals surface area contributed by atoms with E-state index in [1.54, 1.807) is 0 Å². The second-order valence-electron chi connectivity index (χ2n) is 5.79. The maximum atomic E-state index is 6.49. The summed E-state index contributed by atoms with van der Waals surface area (Å²) < 4.78 is 0. The van der Waals surface area contributed by atoms with Gasteiger partial charge in [0.25, 0.3) is 0 Å². The van der Waals surface area contributed by atoms with E-state index < -0.39 is 0 Å². The van der Waals surface area contributed by atoms with Crippen LogP contribution in [0.4, 0.5) is 0 Å². The van der Waals surface area contributed by atoms with E-state index in [9.17, 15) is 0 Å². The van der Waals surface area contributed by atoms with Crippen molar-refractivity contribution in [2.75, 3.05) is 0 Å². The molecular formula is C13H25N. The van der Waals surface area contributed by atoms with Crippen LogP contribution < -0.4 is 5.73 Å². The summed E-state index contributed by atoms with van der Waals surface area (Å²) in [6, 6.07) is 0.491. The van der Waals surface area contributed by atoms with Crippen LogP contribution in [0.1, 0.15) is 64.7 Å². The summed E-state index contributed by atoms with van der Waals surface area (Å²) in [5, 5.41) is 0. The lowest BCUT2D eigenvalue weighted by molar-refractivity contribution is 0.164. The minimum atomic E-state index is 0.488. The molecule has 2 saturated carbocycles. The Morgan fingerprint density at radius 1 is 1.00 bits per heavy atom. The highest BCUT2D eigenvalue weighted by molar-refractivity contribution is 4.93. The maximum absolute atomic E-state index is 6.49. The van der Waals surface area contributed by atoms with E-state index in [2.05, 4.69) is 6.92 Å². The molecule has 1 nitrogen and oxygen atoms in total. The van der Waals surface area contributed by atoms with E-state index in [0.717, 1.165) is 5.92 Å². The van der Waals surface area contributed by atoms with Crippen LogP contribution in [0.3, 0.4) is 0 Å². The molecule has 0 aromatic carbocycles. The van der Waals surface area contributed by atoms with E-state index >= 15 is 0 Å². The highest BCUT2D eigenvalue weighted by atomic mass is 14.7. The lowest BCUT2D eigenvalue weighted by Gasteiger charge is -2.38. The number of rotatable bonds is 2. The number of hydrogen-bond donors (Lipinski definition) is 1. The largest absolute Gasteiger partial charge is 0.327 e. The molecule has 0 aromatic heterocycles. The summed E-state index contributed by atoms with van der Waals surface area (Å²) in [4.78, 5) is 0. The molecule has 0 aromatic rings. The number of nitrogens with two attached hydrogens (primary N) is 1. The highest BCUT2D eigenvalue weighted by Crippen LogP contribution is 2.44. The Morgan fingerprint density at radius 2 is 1.57 bits per heavy atom. The van der Waals surface area contributed by atoms with Gasteiger partial charge in [-0.15, -0.1) is 0 Å². The fourth-order valence-corrected chi connectivity index (χ4v) is 3.58. The summed E-state index contributed by atoms with van der Waals surface area (Å²) in [7, 11) is 0. The van der Waals surface area contributed by atoms with Crippen LogP contribution in [0.2, 0.25) is 0 Å². The van der Waals surface area contributed by atoms with Crippen LogP contribution in [0, 0.1) is 11.3 Å². The lowest BCUT2D eigenvalue weighted by atomic mass is 9.70. The molecule has 0 heterocycles. The van der Waals surface area contributed by atoms with Gasteiger partial charge in [0.15, 0.2) is 0 Å². The van der Waals surface area contributed by atoms with Crippen molar-refractivity contribution in [1.29, 1.82) is 0 Å². The van der Waals surface area contributed by atoms with Gasteiger partial charge in [0, 0.05) is 6.04 Å². The average Bonchev–Trinajstić information content (AvgIpc) is 2.67. The molecule has 2 aliphatic carbocycles. The Bertz CT molecular complexity index is 176. The topological polar surface area (TPSA) is 26.0 Å². The summed E-state index contributed by atoms with van der Waals surface area (Å²) >= 11 is 0. The normalized spacial score (nSPS) is 30.4. The van der Waals surface area contributed by atoms with Crippen molar-refractivity contribution in [1.82, 2.24) is 0 Å². The van der Waals surface area contributed by atoms with Gasteiger partial charge in [-0.3, -0.25) is 0 Å². The SMILES string of the molecule is CC1(C(N)C2CCCCC2)CCCC1. The van der Waals surface area contributed by atoms with Crippen molar-refractivity contribution in [3.8, 4) is 0 Å². The zero-order valence-electron chi connectivity index (χ0n) is 9.60. The van der Waals surface area contributed by atoms with Crippen LogP contribution in [0.15, 0.2) is 0 Å². The van der Waals surface area contributed by atoms with Crippen LogP contribution in [-0.2, 0) is 0 Å². The van der Waals surface area contributed by atoms with E-state index in [1.165, 1.54) is 57.8 Å². The average molecular weight is 195 g/mol. The van der Waals surface area contributed by atoms with Gasteiger partial charge in [0.1, 0.15) is 0 Å². The molecule has 2 fully saturated rings. The molecule has 1 heteroatoms. The van der Waals surface area contributed by atoms with E-state index in [0.29, 0.717) is 11.5 Å². The summed E-state index contributed by atoms with van der Waals surface area (Å²) in [6.45, 7) is 2.43. The van der Waals surface area contributed by atoms with Crippen LogP contribution in [0.25, 0.3) is 0 Å². The van der Waals surface area contributed by atoms with Gasteiger partial charge in [-0.05, 0) is 37.0 Å². The van der Waals surface area contributed by atoms with E-state index in [4.69, 9.17) is 5.73 Å². The van der Waals surface area contributed by atoms with E-state index in [-0.39, 0.29) is 0 Å². The summed E-state index contributed by atoms with van der Waals surface area (Å²) in [6.07, 6.45) is 12.7. The maximum Gasteiger partial charge on any atom is 0.0121 e. The second kappa shape index (κ2) is 4.22. The lowest BCUT2D eigenvalue weighted by Crippen LogP contribution is -2.44. The first-order valence-electron chi connectivity index (χ1n) is 6.48. The summed E-state index contributed by atoms with van der Waals surface area (Å²) in [5.74, 6) is 0.840. The molecule has 0 radical (unpaired) electrons. The Kier molecular flexibility index (Phi) is 3.16. The van der Waals surface area contributed by atoms with Crippen LogP contribution >= 0.6 is 0 Å². The van der Waals surface area contributed by atoms with Crippen molar-refractivity contribution in [2.24, 2.45) is 17.1 Å². The third-order valence-electron chi connectivity index (χ3n) is 4.71. The smallest absolute Gasteiger partial charge is 0.0121 e. The Balaban J connectivity index is 1.95. The third kappa shape index (κ3) is 1.98. The first-order valence-corrected chi connectivity index (χ1v) is 6.48. The van der Waals surface area contributed by atoms with Gasteiger partial charge >= 0.3 is 0 Å². The second-order valence-corrected chi connectivity index (χ2v) is 5.79. The van der Waals surface area contributed by atoms with Gasteiger partial charge in [-0.2, -0.15) is 0 Å². The van der Waals surface area contributed by atoms with Crippen molar-refractivity contribution in [3.05, 3.63) is 0 Å². The van der Waals surface area contributed by atoms with Crippen molar-refractivity contribution in [3.63, 3.8) is 0 Å². The molecule has 0 amide bonds. The van der Waals surface area contributed by atoms with Crippen molar-refractivity contribution >= 4 is 0 Å². The predicted octanol–water partition coefficient (Wildman–Crippen LogP) is 3.47. The first kappa shape index (κ1) is 10.5. The first-order chi connectivity index (χ1) is 6.72. The molecule has 82 valence electrons. The molecule has 2 rings (SSSR count). The van der Waals surface area contributed by atoms with Gasteiger partial charge in [0.2, 0.25) is 0 Å². The van der Waals surface area contributed by atoms with Gasteiger partial charge in [-0.25, -0.2) is 0 Å². The van der Waals surface area contributed by atoms with E-state index in [1.807, 2.05) is 0 Å². The fraction of sp³-hybridized carbons (Fsp3) is 1.00. The Hall–Kier alpha value is -0.0400. The van der Waals surface area contributed by atoms with Gasteiger partial charge in [0.05, 0.1) is 0 Å². The van der Waals surface area contributed by atoms with Gasteiger partial charge < -0.3 is 5.73 Å². The molecule has 0 aliphatic heterocycles. The molecule has 0 bridgehead atoms. The fourth-order valence-electron chi connectivity index (χ4n) is 3.58. The Morgan fingerprint density at radius 3 is 2.14 bits per heavy atom. The van der Waals surface area contributed by atoms with Crippen molar-refractivity contribution in [2.45, 2.75) is 70.8 Å². The quantitative estimate of drug-likeness (QED) is 0.717. The van der Waals surface area contributed by atoms with Crippen LogP contribution in [-0.4, -0.2) is 6.04 Å². The van der Waals surface area contributed by atoms with Crippen molar-refractivity contribution < 1.29 is 0 Å². The predicted molar refractivity (Wildman–Crippen MR) is 61.1 cm³/mol. The zero-order chi connectivity index (χ0) is 10.0. The zero-order valence-corrected chi connectivity index (χ0v) is 9.60. The molecule has 1 unspecified atom stereocenters. The molecule has 0 saturated heterocycles. The minimum absolute atomic E-state index is 0.488. The monoisotopic (exact) mass is 195 g/mol. The molecule has 2 N–H and O–H groups in total.